The molecule has 0 bridgehead atoms. The summed E-state index contributed by atoms with van der Waals surface area (Å²) in [6, 6.07) is 0. The Kier molecular flexibility index (Phi) is 13.1. The van der Waals surface area contributed by atoms with Gasteiger partial charge >= 0.3 is 35.1 Å². The quantitative estimate of drug-likeness (QED) is 0.194. The number of hydrogen-bond acceptors (Lipinski definition) is 2. The van der Waals surface area contributed by atoms with Gasteiger partial charge in [0, 0.05) is 0 Å². The molecular weight excluding hydrogens is 371 g/mol. The molecule has 0 amide bonds. The molecule has 0 aromatic carbocycles. The molecule has 0 spiro atoms. The van der Waals surface area contributed by atoms with Crippen LogP contribution in [0.5, 0.6) is 0 Å². The van der Waals surface area contributed by atoms with E-state index < -0.39 is 8.16 Å². The Hall–Kier alpha value is -0.560. The van der Waals surface area contributed by atoms with Crippen LogP contribution in [0.25, 0.3) is 0 Å². The number of unbranched alkanes of at least 4 members (excludes halogenated alkanes) is 2. The fraction of sp³-hybridized carbons (Fsp3) is 0.933. The molecule has 0 aromatic heterocycles. The van der Waals surface area contributed by atoms with E-state index in [1.807, 2.05) is 20.8 Å². The summed E-state index contributed by atoms with van der Waals surface area (Å²) in [6.07, 6.45) is 4.60. The number of quaternary nitrogens is 1. The van der Waals surface area contributed by atoms with Crippen molar-refractivity contribution in [3.8, 4) is 0 Å². The molecule has 0 aliphatic carbocycles. The van der Waals surface area contributed by atoms with E-state index in [1.54, 1.807) is 0 Å². The summed E-state index contributed by atoms with van der Waals surface area (Å²) in [5, 5.41) is 0. The second kappa shape index (κ2) is 11.2. The average Bonchev–Trinajstić information content (AvgIpc) is 2.35. The molecule has 3 nitrogen and oxygen atoms in total. The van der Waals surface area contributed by atoms with Crippen molar-refractivity contribution in [3.63, 3.8) is 0 Å². The first-order valence-electron chi connectivity index (χ1n) is 8.09. The van der Waals surface area contributed by atoms with Crippen molar-refractivity contribution in [1.29, 1.82) is 0 Å². The Morgan fingerprint density at radius 2 is 1.44 bits per heavy atom. The first-order valence-corrected chi connectivity index (χ1v) is 9.78. The van der Waals surface area contributed by atoms with E-state index in [4.69, 9.17) is 4.74 Å². The van der Waals surface area contributed by atoms with Gasteiger partial charge in [-0.2, -0.15) is 0 Å². The van der Waals surface area contributed by atoms with Crippen molar-refractivity contribution in [2.45, 2.75) is 53.4 Å². The number of halogens is 6. The maximum absolute atomic E-state index is 11.8. The van der Waals surface area contributed by atoms with E-state index in [0.717, 1.165) is 24.0 Å². The Balaban J connectivity index is -0.000000592. The first-order chi connectivity index (χ1) is 10.5. The minimum Gasteiger partial charge on any atom is -1.00 e. The molecule has 0 saturated heterocycles. The minimum atomic E-state index is -8.55. The SMILES string of the molecule is CCCCC[N+](C)(C)CCOC(=O)C(C)(C)CC.FP(F)(F)(F)F.[F-]. The minimum absolute atomic E-state index is 0. The van der Waals surface area contributed by atoms with Crippen LogP contribution in [-0.2, 0) is 9.53 Å². The molecule has 0 unspecified atom stereocenters. The van der Waals surface area contributed by atoms with Gasteiger partial charge in [-0.05, 0) is 33.1 Å². The Morgan fingerprint density at radius 3 is 1.80 bits per heavy atom. The van der Waals surface area contributed by atoms with Crippen LogP contribution < -0.4 is 4.70 Å². The van der Waals surface area contributed by atoms with Gasteiger partial charge in [-0.25, -0.2) is 0 Å². The second-order valence-electron chi connectivity index (χ2n) is 7.10. The monoisotopic (exact) mass is 403 g/mol. The third-order valence-electron chi connectivity index (χ3n) is 3.73. The summed E-state index contributed by atoms with van der Waals surface area (Å²) in [7, 11) is -4.14. The van der Waals surface area contributed by atoms with Gasteiger partial charge in [-0.1, -0.05) is 20.3 Å². The predicted octanol–water partition coefficient (Wildman–Crippen LogP) is 3.20. The van der Waals surface area contributed by atoms with Crippen LogP contribution >= 0.6 is 8.16 Å². The Morgan fingerprint density at radius 1 is 1.00 bits per heavy atom. The molecule has 0 aromatic rings. The molecule has 0 aliphatic rings. The van der Waals surface area contributed by atoms with E-state index in [-0.39, 0.29) is 16.1 Å². The van der Waals surface area contributed by atoms with E-state index >= 15 is 0 Å². The van der Waals surface area contributed by atoms with Crippen molar-refractivity contribution >= 4 is 14.1 Å². The fourth-order valence-electron chi connectivity index (χ4n) is 1.63. The van der Waals surface area contributed by atoms with Crippen molar-refractivity contribution in [3.05, 3.63) is 0 Å². The molecular formula is C15H32F6NO2P. The van der Waals surface area contributed by atoms with Crippen LogP contribution in [0.15, 0.2) is 0 Å². The molecule has 0 fully saturated rings. The summed E-state index contributed by atoms with van der Waals surface area (Å²) in [4.78, 5) is 11.8. The van der Waals surface area contributed by atoms with Crippen molar-refractivity contribution in [1.82, 2.24) is 0 Å². The number of rotatable bonds is 9. The van der Waals surface area contributed by atoms with Crippen LogP contribution in [-0.4, -0.2) is 44.2 Å². The normalized spacial score (nSPS) is 13.6. The average molecular weight is 403 g/mol. The van der Waals surface area contributed by atoms with Crippen molar-refractivity contribution < 1.29 is 39.7 Å². The molecule has 10 heteroatoms. The number of carbonyl (C=O) groups is 1. The third kappa shape index (κ3) is 23.4. The number of ether oxygens (including phenoxy) is 1. The van der Waals surface area contributed by atoms with Crippen LogP contribution in [0.2, 0.25) is 0 Å². The van der Waals surface area contributed by atoms with Gasteiger partial charge in [0.2, 0.25) is 0 Å². The van der Waals surface area contributed by atoms with Gasteiger partial charge in [-0.3, -0.25) is 4.79 Å². The first kappa shape index (κ1) is 29.2. The van der Waals surface area contributed by atoms with Gasteiger partial charge in [0.15, 0.2) is 0 Å². The number of nitrogens with zero attached hydrogens (tertiary/aromatic N) is 1. The van der Waals surface area contributed by atoms with Crippen LogP contribution in [0.3, 0.4) is 0 Å². The van der Waals surface area contributed by atoms with Gasteiger partial charge in [0.1, 0.15) is 13.2 Å². The number of carbonyl (C=O) groups excluding carboxylic acids is 1. The smallest absolute Gasteiger partial charge is 1.00 e. The number of likely N-dealkylation sites (N-methyl/N-ethyl adjacent to an activating group) is 1. The van der Waals surface area contributed by atoms with Gasteiger partial charge in [0.25, 0.3) is 0 Å². The van der Waals surface area contributed by atoms with Gasteiger partial charge < -0.3 is 13.9 Å². The molecule has 0 N–H and O–H groups in total. The maximum Gasteiger partial charge on any atom is -1.00 e. The standard InChI is InChI=1S/C15H32NO2.F5P.FH/c1-7-9-10-11-16(5,6)12-13-18-14(17)15(3,4)8-2;1-6(2,3,4)5;/h7-13H2,1-6H3;;1H/q+1;;/p-1. The molecule has 25 heavy (non-hydrogen) atoms. The van der Waals surface area contributed by atoms with E-state index in [9.17, 15) is 25.8 Å². The summed E-state index contributed by atoms with van der Waals surface area (Å²) in [6.45, 7) is 10.7. The maximum atomic E-state index is 11.8. The number of hydrogen-bond donors (Lipinski definition) is 0. The predicted molar refractivity (Wildman–Crippen MR) is 88.9 cm³/mol. The molecule has 0 heterocycles. The molecule has 0 radical (unpaired) electrons. The molecule has 0 atom stereocenters. The summed E-state index contributed by atoms with van der Waals surface area (Å²) in [5.74, 6) is -0.0708. The largest absolute Gasteiger partial charge is 1.00 e. The zero-order chi connectivity index (χ0) is 19.7. The summed E-state index contributed by atoms with van der Waals surface area (Å²) in [5.41, 5.74) is -0.348. The van der Waals surface area contributed by atoms with Crippen molar-refractivity contribution in [2.24, 2.45) is 5.41 Å². The summed E-state index contributed by atoms with van der Waals surface area (Å²) < 4.78 is 55.5. The van der Waals surface area contributed by atoms with Crippen LogP contribution in [0.4, 0.5) is 21.0 Å². The number of esters is 1. The fourth-order valence-corrected chi connectivity index (χ4v) is 1.63. The topological polar surface area (TPSA) is 26.3 Å². The molecule has 0 rings (SSSR count). The zero-order valence-corrected chi connectivity index (χ0v) is 16.8. The molecule has 156 valence electrons. The van der Waals surface area contributed by atoms with Gasteiger partial charge in [0.05, 0.1) is 26.1 Å². The molecule has 0 aliphatic heterocycles. The third-order valence-corrected chi connectivity index (χ3v) is 3.73. The van der Waals surface area contributed by atoms with E-state index in [0.29, 0.717) is 6.61 Å². The molecule has 0 saturated carbocycles. The second-order valence-corrected chi connectivity index (χ2v) is 8.38. The zero-order valence-electron chi connectivity index (χ0n) is 15.9. The summed E-state index contributed by atoms with van der Waals surface area (Å²) >= 11 is 0. The van der Waals surface area contributed by atoms with Crippen molar-refractivity contribution in [2.75, 3.05) is 33.8 Å². The Labute approximate surface area is 147 Å². The van der Waals surface area contributed by atoms with Crippen LogP contribution in [0, 0.1) is 5.41 Å². The van der Waals surface area contributed by atoms with E-state index in [1.165, 1.54) is 19.3 Å². The van der Waals surface area contributed by atoms with Gasteiger partial charge in [-0.15, -0.1) is 0 Å². The van der Waals surface area contributed by atoms with Crippen LogP contribution in [0.1, 0.15) is 53.4 Å². The van der Waals surface area contributed by atoms with E-state index in [2.05, 4.69) is 21.0 Å². The Bertz CT molecular complexity index is 367.